The van der Waals surface area contributed by atoms with E-state index in [1.807, 2.05) is 45.2 Å². The lowest BCUT2D eigenvalue weighted by atomic mass is 9.86. The summed E-state index contributed by atoms with van der Waals surface area (Å²) in [6, 6.07) is 14.4. The smallest absolute Gasteiger partial charge is 0.225 e. The zero-order valence-electron chi connectivity index (χ0n) is 20.4. The SMILES string of the molecule is CC(C)(C)C(=O)NC(c1ccccn1)C1CCCN(Cc2ccccc2OC2CCCC2)C1. The van der Waals surface area contributed by atoms with Gasteiger partial charge < -0.3 is 10.1 Å². The van der Waals surface area contributed by atoms with Gasteiger partial charge >= 0.3 is 0 Å². The zero-order valence-corrected chi connectivity index (χ0v) is 20.4. The van der Waals surface area contributed by atoms with E-state index in [0.717, 1.165) is 43.9 Å². The van der Waals surface area contributed by atoms with Crippen LogP contribution in [0.4, 0.5) is 0 Å². The molecule has 1 saturated heterocycles. The van der Waals surface area contributed by atoms with E-state index in [9.17, 15) is 4.79 Å². The zero-order chi connectivity index (χ0) is 23.3. The van der Waals surface area contributed by atoms with Crippen molar-refractivity contribution >= 4 is 5.91 Å². The van der Waals surface area contributed by atoms with Gasteiger partial charge in [-0.15, -0.1) is 0 Å². The lowest BCUT2D eigenvalue weighted by Gasteiger charge is -2.38. The average Bonchev–Trinajstić information content (AvgIpc) is 3.32. The lowest BCUT2D eigenvalue weighted by molar-refractivity contribution is -0.130. The maximum Gasteiger partial charge on any atom is 0.225 e. The number of nitrogens with one attached hydrogen (secondary N) is 1. The van der Waals surface area contributed by atoms with E-state index >= 15 is 0 Å². The first kappa shape index (κ1) is 23.7. The molecule has 0 bridgehead atoms. The molecule has 2 aliphatic rings. The second-order valence-corrected chi connectivity index (χ2v) is 10.7. The number of hydrogen-bond acceptors (Lipinski definition) is 4. The summed E-state index contributed by atoms with van der Waals surface area (Å²) in [6.45, 7) is 8.77. The molecule has 1 aromatic carbocycles. The molecule has 0 radical (unpaired) electrons. The summed E-state index contributed by atoms with van der Waals surface area (Å²) < 4.78 is 6.39. The molecule has 5 heteroatoms. The fourth-order valence-electron chi connectivity index (χ4n) is 5.03. The highest BCUT2D eigenvalue weighted by atomic mass is 16.5. The number of hydrogen-bond donors (Lipinski definition) is 1. The van der Waals surface area contributed by atoms with Crippen LogP contribution in [0.3, 0.4) is 0 Å². The van der Waals surface area contributed by atoms with Gasteiger partial charge in [-0.25, -0.2) is 0 Å². The number of benzene rings is 1. The third-order valence-corrected chi connectivity index (χ3v) is 6.95. The van der Waals surface area contributed by atoms with Crippen molar-refractivity contribution in [3.63, 3.8) is 0 Å². The Morgan fingerprint density at radius 3 is 2.58 bits per heavy atom. The van der Waals surface area contributed by atoms with Crippen LogP contribution in [-0.4, -0.2) is 35.0 Å². The minimum Gasteiger partial charge on any atom is -0.490 e. The summed E-state index contributed by atoms with van der Waals surface area (Å²) in [7, 11) is 0. The number of carbonyl (C=O) groups is 1. The van der Waals surface area contributed by atoms with Crippen LogP contribution in [0.15, 0.2) is 48.7 Å². The van der Waals surface area contributed by atoms with Gasteiger partial charge in [-0.2, -0.15) is 0 Å². The third-order valence-electron chi connectivity index (χ3n) is 6.95. The minimum atomic E-state index is -0.433. The molecule has 2 aromatic rings. The fraction of sp³-hybridized carbons (Fsp3) is 0.571. The lowest BCUT2D eigenvalue weighted by Crippen LogP contribution is -2.45. The molecule has 2 atom stereocenters. The van der Waals surface area contributed by atoms with Gasteiger partial charge in [0.1, 0.15) is 5.75 Å². The summed E-state index contributed by atoms with van der Waals surface area (Å²) in [6.07, 6.45) is 9.27. The molecule has 0 spiro atoms. The summed E-state index contributed by atoms with van der Waals surface area (Å²) in [5.74, 6) is 1.43. The molecule has 1 aliphatic carbocycles. The average molecular weight is 450 g/mol. The molecule has 1 aromatic heterocycles. The predicted molar refractivity (Wildman–Crippen MR) is 132 cm³/mol. The first-order chi connectivity index (χ1) is 15.9. The number of rotatable bonds is 7. The van der Waals surface area contributed by atoms with Gasteiger partial charge in [0.15, 0.2) is 0 Å². The highest BCUT2D eigenvalue weighted by molar-refractivity contribution is 5.81. The Morgan fingerprint density at radius 1 is 1.09 bits per heavy atom. The van der Waals surface area contributed by atoms with Crippen LogP contribution in [-0.2, 0) is 11.3 Å². The van der Waals surface area contributed by atoms with Crippen LogP contribution >= 0.6 is 0 Å². The molecule has 178 valence electrons. The van der Waals surface area contributed by atoms with Crippen LogP contribution in [0.1, 0.15) is 76.6 Å². The molecule has 1 saturated carbocycles. The fourth-order valence-corrected chi connectivity index (χ4v) is 5.03. The Bertz CT molecular complexity index is 903. The number of piperidine rings is 1. The molecule has 5 nitrogen and oxygen atoms in total. The molecule has 1 N–H and O–H groups in total. The van der Waals surface area contributed by atoms with Crippen LogP contribution in [0, 0.1) is 11.3 Å². The van der Waals surface area contributed by atoms with Gasteiger partial charge in [-0.1, -0.05) is 45.0 Å². The first-order valence-corrected chi connectivity index (χ1v) is 12.6. The Labute approximate surface area is 198 Å². The second-order valence-electron chi connectivity index (χ2n) is 10.7. The Morgan fingerprint density at radius 2 is 1.85 bits per heavy atom. The number of carbonyl (C=O) groups excluding carboxylic acids is 1. The third kappa shape index (κ3) is 6.35. The predicted octanol–water partition coefficient (Wildman–Crippen LogP) is 5.52. The molecular formula is C28H39N3O2. The van der Waals surface area contributed by atoms with E-state index in [1.165, 1.54) is 31.2 Å². The Balaban J connectivity index is 1.48. The molecule has 2 unspecified atom stereocenters. The van der Waals surface area contributed by atoms with Gasteiger partial charge in [-0.05, 0) is 69.2 Å². The standard InChI is InChI=1S/C28H39N3O2/c1-28(2,3)27(32)30-26(24-15-8-9-17-29-24)22-12-10-18-31(20-22)19-21-11-4-7-16-25(21)33-23-13-5-6-14-23/h4,7-9,11,15-17,22-23,26H,5-6,10,12-14,18-20H2,1-3H3,(H,30,32). The molecule has 2 heterocycles. The van der Waals surface area contributed by atoms with Crippen LogP contribution < -0.4 is 10.1 Å². The van der Waals surface area contributed by atoms with E-state index < -0.39 is 5.41 Å². The van der Waals surface area contributed by atoms with E-state index in [4.69, 9.17) is 4.74 Å². The number of para-hydroxylation sites is 1. The second kappa shape index (κ2) is 10.7. The number of ether oxygens (including phenoxy) is 1. The van der Waals surface area contributed by atoms with Gasteiger partial charge in [0, 0.05) is 30.3 Å². The van der Waals surface area contributed by atoms with Crippen LogP contribution in [0.5, 0.6) is 5.75 Å². The molecular weight excluding hydrogens is 410 g/mol. The highest BCUT2D eigenvalue weighted by Gasteiger charge is 2.33. The van der Waals surface area contributed by atoms with E-state index in [-0.39, 0.29) is 11.9 Å². The van der Waals surface area contributed by atoms with Crippen molar-refractivity contribution < 1.29 is 9.53 Å². The Kier molecular flexibility index (Phi) is 7.69. The summed E-state index contributed by atoms with van der Waals surface area (Å²) >= 11 is 0. The first-order valence-electron chi connectivity index (χ1n) is 12.6. The summed E-state index contributed by atoms with van der Waals surface area (Å²) in [4.78, 5) is 20.0. The topological polar surface area (TPSA) is 54.5 Å². The molecule has 1 amide bonds. The minimum absolute atomic E-state index is 0.0746. The Hall–Kier alpha value is -2.40. The summed E-state index contributed by atoms with van der Waals surface area (Å²) in [5.41, 5.74) is 1.78. The number of amides is 1. The van der Waals surface area contributed by atoms with Crippen LogP contribution in [0.25, 0.3) is 0 Å². The van der Waals surface area contributed by atoms with Crippen molar-refractivity contribution in [1.29, 1.82) is 0 Å². The quantitative estimate of drug-likeness (QED) is 0.605. The highest BCUT2D eigenvalue weighted by Crippen LogP contribution is 2.32. The molecule has 2 fully saturated rings. The monoisotopic (exact) mass is 449 g/mol. The maximum absolute atomic E-state index is 12.9. The van der Waals surface area contributed by atoms with E-state index in [0.29, 0.717) is 12.0 Å². The number of pyridine rings is 1. The van der Waals surface area contributed by atoms with Gasteiger partial charge in [0.2, 0.25) is 5.91 Å². The van der Waals surface area contributed by atoms with Gasteiger partial charge in [-0.3, -0.25) is 14.7 Å². The number of nitrogens with zero attached hydrogens (tertiary/aromatic N) is 2. The molecule has 1 aliphatic heterocycles. The summed E-state index contributed by atoms with van der Waals surface area (Å²) in [5, 5.41) is 3.33. The molecule has 4 rings (SSSR count). The van der Waals surface area contributed by atoms with Crippen molar-refractivity contribution in [2.24, 2.45) is 11.3 Å². The number of likely N-dealkylation sites (tertiary alicyclic amines) is 1. The van der Waals surface area contributed by atoms with Crippen LogP contribution in [0.2, 0.25) is 0 Å². The maximum atomic E-state index is 12.9. The number of aromatic nitrogens is 1. The molecule has 33 heavy (non-hydrogen) atoms. The van der Waals surface area contributed by atoms with Crippen molar-refractivity contribution in [2.45, 2.75) is 78.0 Å². The van der Waals surface area contributed by atoms with Crippen molar-refractivity contribution in [3.8, 4) is 5.75 Å². The van der Waals surface area contributed by atoms with Gasteiger partial charge in [0.05, 0.1) is 17.8 Å². The van der Waals surface area contributed by atoms with Crippen molar-refractivity contribution in [3.05, 3.63) is 59.9 Å². The van der Waals surface area contributed by atoms with Crippen molar-refractivity contribution in [1.82, 2.24) is 15.2 Å². The van der Waals surface area contributed by atoms with Crippen molar-refractivity contribution in [2.75, 3.05) is 13.1 Å². The largest absolute Gasteiger partial charge is 0.490 e. The van der Waals surface area contributed by atoms with E-state index in [2.05, 4.69) is 39.5 Å². The normalized spacial score (nSPS) is 21.0. The van der Waals surface area contributed by atoms with Gasteiger partial charge in [0.25, 0.3) is 0 Å². The van der Waals surface area contributed by atoms with E-state index in [1.54, 1.807) is 0 Å².